The average Bonchev–Trinajstić information content (AvgIpc) is 2.94. The Morgan fingerprint density at radius 2 is 2.32 bits per heavy atom. The van der Waals surface area contributed by atoms with Crippen molar-refractivity contribution in [2.24, 2.45) is 5.92 Å². The van der Waals surface area contributed by atoms with Gasteiger partial charge in [0, 0.05) is 22.9 Å². The van der Waals surface area contributed by atoms with E-state index in [1.165, 1.54) is 6.42 Å². The van der Waals surface area contributed by atoms with Crippen molar-refractivity contribution in [3.8, 4) is 0 Å². The van der Waals surface area contributed by atoms with E-state index in [0.717, 1.165) is 36.6 Å². The van der Waals surface area contributed by atoms with Gasteiger partial charge in [0.15, 0.2) is 0 Å². The van der Waals surface area contributed by atoms with Crippen molar-refractivity contribution >= 4 is 34.1 Å². The quantitative estimate of drug-likeness (QED) is 0.890. The number of aromatic amines is 1. The maximum Gasteiger partial charge on any atom is 0.227 e. The topological polar surface area (TPSA) is 67.0 Å². The molecule has 1 aliphatic heterocycles. The highest BCUT2D eigenvalue weighted by atomic mass is 35.5. The molecule has 1 aromatic carbocycles. The summed E-state index contributed by atoms with van der Waals surface area (Å²) in [5.41, 5.74) is 1.47. The first kappa shape index (κ1) is 14.0. The molecule has 0 radical (unpaired) electrons. The molecule has 1 saturated heterocycles. The molecule has 1 saturated carbocycles. The summed E-state index contributed by atoms with van der Waals surface area (Å²) in [5, 5.41) is 11.4. The summed E-state index contributed by atoms with van der Waals surface area (Å²) in [7, 11) is 0. The number of fused-ring (bicyclic) bond motifs is 1. The zero-order valence-electron chi connectivity index (χ0n) is 12.2. The molecular formula is C16H18ClN3O2. The zero-order chi connectivity index (χ0) is 15.2. The molecule has 2 N–H and O–H groups in total. The molecule has 1 spiro atoms. The number of carbonyl (C=O) groups is 1. The molecule has 6 heteroatoms. The molecular weight excluding hydrogens is 302 g/mol. The molecule has 0 bridgehead atoms. The third-order valence-electron chi connectivity index (χ3n) is 4.90. The summed E-state index contributed by atoms with van der Waals surface area (Å²) in [6, 6.07) is 3.59. The number of nitrogens with one attached hydrogen (secondary N) is 2. The third kappa shape index (κ3) is 2.38. The van der Waals surface area contributed by atoms with E-state index < -0.39 is 0 Å². The van der Waals surface area contributed by atoms with Crippen LogP contribution in [-0.4, -0.2) is 28.3 Å². The van der Waals surface area contributed by atoms with Crippen LogP contribution in [0.2, 0.25) is 5.02 Å². The van der Waals surface area contributed by atoms with Crippen molar-refractivity contribution in [1.29, 1.82) is 0 Å². The normalized spacial score (nSPS) is 23.4. The Balaban J connectivity index is 1.54. The number of benzene rings is 1. The van der Waals surface area contributed by atoms with Crippen LogP contribution in [-0.2, 0) is 9.53 Å². The molecule has 1 aliphatic carbocycles. The SMILES string of the molecule is O=C(Nc1cc(Cl)cc2cn[nH]c12)C1CCOC2(CCC2)C1. The lowest BCUT2D eigenvalue weighted by Gasteiger charge is -2.46. The number of rotatable bonds is 2. The van der Waals surface area contributed by atoms with Gasteiger partial charge in [-0.25, -0.2) is 0 Å². The highest BCUT2D eigenvalue weighted by Crippen LogP contribution is 2.44. The predicted molar refractivity (Wildman–Crippen MR) is 85.0 cm³/mol. The summed E-state index contributed by atoms with van der Waals surface area (Å²) >= 11 is 6.11. The lowest BCUT2D eigenvalue weighted by Crippen LogP contribution is -2.47. The molecule has 2 heterocycles. The molecule has 1 amide bonds. The van der Waals surface area contributed by atoms with Crippen molar-refractivity contribution in [1.82, 2.24) is 10.2 Å². The molecule has 5 nitrogen and oxygen atoms in total. The second-order valence-corrected chi connectivity index (χ2v) is 6.79. The smallest absolute Gasteiger partial charge is 0.227 e. The first-order valence-corrected chi connectivity index (χ1v) is 8.10. The number of anilines is 1. The molecule has 2 fully saturated rings. The van der Waals surface area contributed by atoms with Crippen LogP contribution < -0.4 is 5.32 Å². The van der Waals surface area contributed by atoms with E-state index in [-0.39, 0.29) is 17.4 Å². The molecule has 22 heavy (non-hydrogen) atoms. The number of nitrogens with zero attached hydrogens (tertiary/aromatic N) is 1. The molecule has 1 aromatic heterocycles. The highest BCUT2D eigenvalue weighted by molar-refractivity contribution is 6.32. The maximum atomic E-state index is 12.6. The summed E-state index contributed by atoms with van der Waals surface area (Å²) in [5.74, 6) is 0.0544. The van der Waals surface area contributed by atoms with Crippen LogP contribution in [0.5, 0.6) is 0 Å². The Hall–Kier alpha value is -1.59. The van der Waals surface area contributed by atoms with E-state index in [1.807, 2.05) is 6.07 Å². The number of halogens is 1. The fourth-order valence-electron chi connectivity index (χ4n) is 3.53. The van der Waals surface area contributed by atoms with Gasteiger partial charge >= 0.3 is 0 Å². The number of H-pyrrole nitrogens is 1. The van der Waals surface area contributed by atoms with Crippen molar-refractivity contribution in [3.05, 3.63) is 23.4 Å². The third-order valence-corrected chi connectivity index (χ3v) is 5.12. The Morgan fingerprint density at radius 3 is 3.09 bits per heavy atom. The first-order chi connectivity index (χ1) is 10.7. The standard InChI is InChI=1S/C16H18ClN3O2/c17-12-6-11-9-18-20-14(11)13(7-12)19-15(21)10-2-5-22-16(8-10)3-1-4-16/h6-7,9-10H,1-5,8H2,(H,18,20)(H,19,21). The lowest BCUT2D eigenvalue weighted by atomic mass is 9.72. The van der Waals surface area contributed by atoms with Crippen LogP contribution in [0.1, 0.15) is 32.1 Å². The minimum atomic E-state index is -0.0299. The number of amides is 1. The molecule has 2 aliphatic rings. The van der Waals surface area contributed by atoms with Crippen LogP contribution in [0.4, 0.5) is 5.69 Å². The van der Waals surface area contributed by atoms with Crippen molar-refractivity contribution in [2.75, 3.05) is 11.9 Å². The average molecular weight is 320 g/mol. The monoisotopic (exact) mass is 319 g/mol. The van der Waals surface area contributed by atoms with Crippen LogP contribution in [0.3, 0.4) is 0 Å². The van der Waals surface area contributed by atoms with Gasteiger partial charge in [0.25, 0.3) is 0 Å². The number of carbonyl (C=O) groups excluding carboxylic acids is 1. The van der Waals surface area contributed by atoms with Crippen LogP contribution in [0.15, 0.2) is 18.3 Å². The lowest BCUT2D eigenvalue weighted by molar-refractivity contribution is -0.153. The number of aromatic nitrogens is 2. The molecule has 2 aromatic rings. The van der Waals surface area contributed by atoms with Crippen molar-refractivity contribution < 1.29 is 9.53 Å². The molecule has 116 valence electrons. The van der Waals surface area contributed by atoms with E-state index in [0.29, 0.717) is 17.3 Å². The van der Waals surface area contributed by atoms with Gasteiger partial charge in [-0.2, -0.15) is 5.10 Å². The van der Waals surface area contributed by atoms with Crippen LogP contribution in [0, 0.1) is 5.92 Å². The van der Waals surface area contributed by atoms with Gasteiger partial charge in [-0.3, -0.25) is 9.89 Å². The highest BCUT2D eigenvalue weighted by Gasteiger charge is 2.44. The summed E-state index contributed by atoms with van der Waals surface area (Å²) in [4.78, 5) is 12.6. The van der Waals surface area contributed by atoms with Gasteiger partial charge in [-0.15, -0.1) is 0 Å². The fourth-order valence-corrected chi connectivity index (χ4v) is 3.75. The Kier molecular flexibility index (Phi) is 3.35. The largest absolute Gasteiger partial charge is 0.375 e. The van der Waals surface area contributed by atoms with Crippen LogP contribution in [0.25, 0.3) is 10.9 Å². The second kappa shape index (κ2) is 5.25. The summed E-state index contributed by atoms with van der Waals surface area (Å²) < 4.78 is 5.89. The molecule has 4 rings (SSSR count). The predicted octanol–water partition coefficient (Wildman–Crippen LogP) is 3.50. The van der Waals surface area contributed by atoms with Crippen molar-refractivity contribution in [3.63, 3.8) is 0 Å². The van der Waals surface area contributed by atoms with E-state index >= 15 is 0 Å². The number of hydrogen-bond acceptors (Lipinski definition) is 3. The zero-order valence-corrected chi connectivity index (χ0v) is 12.9. The van der Waals surface area contributed by atoms with Gasteiger partial charge < -0.3 is 10.1 Å². The summed E-state index contributed by atoms with van der Waals surface area (Å²) in [6.07, 6.45) is 6.68. The summed E-state index contributed by atoms with van der Waals surface area (Å²) in [6.45, 7) is 0.674. The molecule has 1 unspecified atom stereocenters. The number of ether oxygens (including phenoxy) is 1. The van der Waals surface area contributed by atoms with Crippen LogP contribution >= 0.6 is 11.6 Å². The fraction of sp³-hybridized carbons (Fsp3) is 0.500. The van der Waals surface area contributed by atoms with E-state index in [9.17, 15) is 4.79 Å². The second-order valence-electron chi connectivity index (χ2n) is 6.35. The van der Waals surface area contributed by atoms with Gasteiger partial charge in [0.1, 0.15) is 0 Å². The minimum absolute atomic E-state index is 0.00556. The minimum Gasteiger partial charge on any atom is -0.375 e. The van der Waals surface area contributed by atoms with Gasteiger partial charge in [-0.1, -0.05) is 11.6 Å². The number of hydrogen-bond donors (Lipinski definition) is 2. The van der Waals surface area contributed by atoms with E-state index in [2.05, 4.69) is 15.5 Å². The first-order valence-electron chi connectivity index (χ1n) is 7.73. The van der Waals surface area contributed by atoms with Gasteiger partial charge in [0.2, 0.25) is 5.91 Å². The maximum absolute atomic E-state index is 12.6. The molecule has 1 atom stereocenters. The Bertz CT molecular complexity index is 723. The van der Waals surface area contributed by atoms with Crippen molar-refractivity contribution in [2.45, 2.75) is 37.7 Å². The Morgan fingerprint density at radius 1 is 1.45 bits per heavy atom. The van der Waals surface area contributed by atoms with E-state index in [1.54, 1.807) is 12.3 Å². The van der Waals surface area contributed by atoms with E-state index in [4.69, 9.17) is 16.3 Å². The Labute approximate surface area is 133 Å². The van der Waals surface area contributed by atoms with Gasteiger partial charge in [-0.05, 0) is 44.2 Å². The van der Waals surface area contributed by atoms with Gasteiger partial charge in [0.05, 0.1) is 23.0 Å².